The van der Waals surface area contributed by atoms with Gasteiger partial charge in [-0.3, -0.25) is 4.79 Å². The van der Waals surface area contributed by atoms with E-state index in [1.807, 2.05) is 38.9 Å². The molecule has 1 fully saturated rings. The van der Waals surface area contributed by atoms with Crippen molar-refractivity contribution in [2.45, 2.75) is 44.2 Å². The van der Waals surface area contributed by atoms with E-state index in [0.29, 0.717) is 18.8 Å². The smallest absolute Gasteiger partial charge is 0.270 e. The van der Waals surface area contributed by atoms with Crippen LogP contribution in [0, 0.1) is 13.8 Å². The SMILES string of the molecule is Cc1cc(C)c(C(=O)N2CCC3(CC2)c2ccccc2[C@H](N(C)C)[C@H]3O)[nH]1. The minimum atomic E-state index is -0.448. The molecular weight excluding hydrogens is 338 g/mol. The number of carbonyl (C=O) groups is 1. The number of nitrogens with zero attached hydrogens (tertiary/aromatic N) is 2. The Morgan fingerprint density at radius 2 is 1.89 bits per heavy atom. The fourth-order valence-electron chi connectivity index (χ4n) is 5.18. The van der Waals surface area contributed by atoms with Gasteiger partial charge in [0.1, 0.15) is 5.69 Å². The Morgan fingerprint density at radius 3 is 2.48 bits per heavy atom. The summed E-state index contributed by atoms with van der Waals surface area (Å²) in [7, 11) is 4.05. The number of likely N-dealkylation sites (N-methyl/N-ethyl adjacent to an activating group) is 1. The third-order valence-corrected chi connectivity index (χ3v) is 6.54. The molecular formula is C22H29N3O2. The number of carbonyl (C=O) groups excluding carboxylic acids is 1. The minimum Gasteiger partial charge on any atom is -0.390 e. The number of aromatic nitrogens is 1. The van der Waals surface area contributed by atoms with Gasteiger partial charge in [0.05, 0.1) is 12.1 Å². The molecule has 144 valence electrons. The first-order valence-electron chi connectivity index (χ1n) is 9.74. The third kappa shape index (κ3) is 2.72. The van der Waals surface area contributed by atoms with Gasteiger partial charge in [-0.25, -0.2) is 0 Å². The van der Waals surface area contributed by atoms with E-state index in [2.05, 4.69) is 34.1 Å². The van der Waals surface area contributed by atoms with Crippen molar-refractivity contribution in [3.8, 4) is 0 Å². The van der Waals surface area contributed by atoms with E-state index in [0.717, 1.165) is 24.1 Å². The summed E-state index contributed by atoms with van der Waals surface area (Å²) in [5.41, 5.74) is 4.93. The monoisotopic (exact) mass is 367 g/mol. The first-order valence-corrected chi connectivity index (χ1v) is 9.74. The molecule has 1 aliphatic carbocycles. The van der Waals surface area contributed by atoms with Gasteiger partial charge in [0.15, 0.2) is 0 Å². The van der Waals surface area contributed by atoms with E-state index in [9.17, 15) is 9.90 Å². The maximum Gasteiger partial charge on any atom is 0.270 e. The summed E-state index contributed by atoms with van der Waals surface area (Å²) >= 11 is 0. The maximum absolute atomic E-state index is 13.0. The number of benzene rings is 1. The highest BCUT2D eigenvalue weighted by molar-refractivity contribution is 5.94. The van der Waals surface area contributed by atoms with E-state index >= 15 is 0 Å². The van der Waals surface area contributed by atoms with Crippen LogP contribution >= 0.6 is 0 Å². The van der Waals surface area contributed by atoms with Crippen LogP contribution in [0.2, 0.25) is 0 Å². The molecule has 1 aromatic heterocycles. The van der Waals surface area contributed by atoms with Crippen molar-refractivity contribution in [2.24, 2.45) is 0 Å². The van der Waals surface area contributed by atoms with E-state index < -0.39 is 6.10 Å². The number of amides is 1. The molecule has 4 rings (SSSR count). The summed E-state index contributed by atoms with van der Waals surface area (Å²) in [5.74, 6) is 0.0698. The first kappa shape index (κ1) is 18.3. The van der Waals surface area contributed by atoms with E-state index in [-0.39, 0.29) is 17.4 Å². The molecule has 0 saturated carbocycles. The number of aryl methyl sites for hydroxylation is 2. The Labute approximate surface area is 161 Å². The summed E-state index contributed by atoms with van der Waals surface area (Å²) < 4.78 is 0. The number of rotatable bonds is 2. The zero-order valence-corrected chi connectivity index (χ0v) is 16.6. The fourth-order valence-corrected chi connectivity index (χ4v) is 5.18. The Kier molecular flexibility index (Phi) is 4.40. The summed E-state index contributed by atoms with van der Waals surface area (Å²) in [6.45, 7) is 5.28. The molecule has 2 N–H and O–H groups in total. The van der Waals surface area contributed by atoms with Crippen LogP contribution in [0.15, 0.2) is 30.3 Å². The molecule has 0 radical (unpaired) electrons. The van der Waals surface area contributed by atoms with Crippen LogP contribution in [0.4, 0.5) is 0 Å². The van der Waals surface area contributed by atoms with Crippen molar-refractivity contribution >= 4 is 5.91 Å². The zero-order chi connectivity index (χ0) is 19.3. The first-order chi connectivity index (χ1) is 12.8. The molecule has 2 atom stereocenters. The predicted octanol–water partition coefficient (Wildman–Crippen LogP) is 2.78. The molecule has 5 heteroatoms. The number of likely N-dealkylation sites (tertiary alicyclic amines) is 1. The molecule has 2 aliphatic rings. The van der Waals surface area contributed by atoms with Crippen molar-refractivity contribution < 1.29 is 9.90 Å². The highest BCUT2D eigenvalue weighted by Crippen LogP contribution is 2.52. The van der Waals surface area contributed by atoms with Crippen molar-refractivity contribution in [1.82, 2.24) is 14.8 Å². The minimum absolute atomic E-state index is 0.0109. The van der Waals surface area contributed by atoms with Gasteiger partial charge >= 0.3 is 0 Å². The number of aromatic amines is 1. The van der Waals surface area contributed by atoms with E-state index in [1.165, 1.54) is 11.1 Å². The summed E-state index contributed by atoms with van der Waals surface area (Å²) in [6, 6.07) is 10.4. The van der Waals surface area contributed by atoms with E-state index in [4.69, 9.17) is 0 Å². The molecule has 0 bridgehead atoms. The number of nitrogens with one attached hydrogen (secondary N) is 1. The van der Waals surface area contributed by atoms with Crippen LogP contribution in [0.25, 0.3) is 0 Å². The molecule has 27 heavy (non-hydrogen) atoms. The second kappa shape index (κ2) is 6.50. The largest absolute Gasteiger partial charge is 0.390 e. The van der Waals surface area contributed by atoms with Gasteiger partial charge in [0.2, 0.25) is 0 Å². The number of H-pyrrole nitrogens is 1. The van der Waals surface area contributed by atoms with Gasteiger partial charge in [-0.1, -0.05) is 24.3 Å². The standard InChI is InChI=1S/C22H29N3O2/c1-14-13-15(2)23-18(14)21(27)25-11-9-22(10-12-25)17-8-6-5-7-16(17)19(20(22)26)24(3)4/h5-8,13,19-20,23,26H,9-12H2,1-4H3/t19-,20+/m0/s1. The second-order valence-corrected chi connectivity index (χ2v) is 8.40. The van der Waals surface area contributed by atoms with Gasteiger partial charge in [-0.2, -0.15) is 0 Å². The fraction of sp³-hybridized carbons (Fsp3) is 0.500. The molecule has 5 nitrogen and oxygen atoms in total. The zero-order valence-electron chi connectivity index (χ0n) is 16.6. The molecule has 1 amide bonds. The van der Waals surface area contributed by atoms with Crippen molar-refractivity contribution in [1.29, 1.82) is 0 Å². The predicted molar refractivity (Wildman–Crippen MR) is 106 cm³/mol. The van der Waals surface area contributed by atoms with Crippen LogP contribution in [0.1, 0.15) is 51.8 Å². The Morgan fingerprint density at radius 1 is 1.22 bits per heavy atom. The van der Waals surface area contributed by atoms with Gasteiger partial charge < -0.3 is 19.9 Å². The Hall–Kier alpha value is -2.11. The van der Waals surface area contributed by atoms with Gasteiger partial charge in [-0.05, 0) is 63.5 Å². The van der Waals surface area contributed by atoms with Crippen molar-refractivity contribution in [2.75, 3.05) is 27.2 Å². The number of hydrogen-bond acceptors (Lipinski definition) is 3. The normalized spacial score (nSPS) is 23.9. The molecule has 2 heterocycles. The van der Waals surface area contributed by atoms with Crippen molar-refractivity contribution in [3.05, 3.63) is 58.4 Å². The summed E-state index contributed by atoms with van der Waals surface area (Å²) in [4.78, 5) is 20.2. The quantitative estimate of drug-likeness (QED) is 0.858. The van der Waals surface area contributed by atoms with Crippen LogP contribution in [0.5, 0.6) is 0 Å². The molecule has 1 aliphatic heterocycles. The average Bonchev–Trinajstić information content (AvgIpc) is 3.10. The number of hydrogen-bond donors (Lipinski definition) is 2. The maximum atomic E-state index is 13.0. The van der Waals surface area contributed by atoms with Crippen molar-refractivity contribution in [3.63, 3.8) is 0 Å². The summed E-state index contributed by atoms with van der Waals surface area (Å²) in [5, 5.41) is 11.3. The number of fused-ring (bicyclic) bond motifs is 2. The lowest BCUT2D eigenvalue weighted by molar-refractivity contribution is -0.00154. The number of aliphatic hydroxyl groups is 1. The highest BCUT2D eigenvalue weighted by Gasteiger charge is 2.53. The molecule has 1 aromatic carbocycles. The average molecular weight is 367 g/mol. The van der Waals surface area contributed by atoms with Crippen LogP contribution in [-0.2, 0) is 5.41 Å². The lowest BCUT2D eigenvalue weighted by Gasteiger charge is -2.43. The molecule has 0 unspecified atom stereocenters. The topological polar surface area (TPSA) is 59.6 Å². The molecule has 1 saturated heterocycles. The Bertz CT molecular complexity index is 862. The lowest BCUT2D eigenvalue weighted by atomic mass is 9.72. The lowest BCUT2D eigenvalue weighted by Crippen LogP contribution is -2.50. The van der Waals surface area contributed by atoms with E-state index in [1.54, 1.807) is 0 Å². The van der Waals surface area contributed by atoms with Gasteiger partial charge in [-0.15, -0.1) is 0 Å². The number of aliphatic hydroxyl groups excluding tert-OH is 1. The van der Waals surface area contributed by atoms with Crippen LogP contribution in [-0.4, -0.2) is 59.1 Å². The van der Waals surface area contributed by atoms with Gasteiger partial charge in [0.25, 0.3) is 5.91 Å². The van der Waals surface area contributed by atoms with Gasteiger partial charge in [0, 0.05) is 24.2 Å². The number of piperidine rings is 1. The Balaban J connectivity index is 1.60. The third-order valence-electron chi connectivity index (χ3n) is 6.54. The molecule has 1 spiro atoms. The van der Waals surface area contributed by atoms with Crippen LogP contribution in [0.3, 0.4) is 0 Å². The highest BCUT2D eigenvalue weighted by atomic mass is 16.3. The summed E-state index contributed by atoms with van der Waals surface area (Å²) in [6.07, 6.45) is 1.14. The molecule has 2 aromatic rings. The second-order valence-electron chi connectivity index (χ2n) is 8.40. The van der Waals surface area contributed by atoms with Crippen LogP contribution < -0.4 is 0 Å².